The lowest BCUT2D eigenvalue weighted by molar-refractivity contribution is 0.0766. The average Bonchev–Trinajstić information content (AvgIpc) is 2.89. The number of carbonyl (C=O) groups is 1. The Labute approximate surface area is 141 Å². The van der Waals surface area contributed by atoms with E-state index >= 15 is 0 Å². The Morgan fingerprint density at radius 2 is 2.05 bits per heavy atom. The molecule has 0 aliphatic carbocycles. The SMILES string of the molecule is Cl.Cl.O=C(c1ccnc(-n2ccnc2)c1)N1CCCNCC1. The molecule has 3 heterocycles. The first-order valence-corrected chi connectivity index (χ1v) is 6.79. The molecular formula is C14H19Cl2N5O. The van der Waals surface area contributed by atoms with Crippen LogP contribution in [0.5, 0.6) is 0 Å². The van der Waals surface area contributed by atoms with Crippen molar-refractivity contribution in [1.29, 1.82) is 0 Å². The zero-order chi connectivity index (χ0) is 13.8. The smallest absolute Gasteiger partial charge is 0.254 e. The van der Waals surface area contributed by atoms with E-state index in [1.165, 1.54) is 0 Å². The highest BCUT2D eigenvalue weighted by atomic mass is 35.5. The molecule has 1 aliphatic rings. The number of pyridine rings is 1. The van der Waals surface area contributed by atoms with Gasteiger partial charge >= 0.3 is 0 Å². The number of nitrogens with zero attached hydrogens (tertiary/aromatic N) is 4. The standard InChI is InChI=1S/C14H17N5O.2ClH/c20-14(18-7-1-3-15-5-8-18)12-2-4-17-13(10-12)19-9-6-16-11-19;;/h2,4,6,9-11,15H,1,3,5,7-8H2;2*1H. The minimum Gasteiger partial charge on any atom is -0.337 e. The van der Waals surface area contributed by atoms with E-state index in [0.717, 1.165) is 32.6 Å². The van der Waals surface area contributed by atoms with Crippen LogP contribution in [0.25, 0.3) is 5.82 Å². The molecule has 22 heavy (non-hydrogen) atoms. The lowest BCUT2D eigenvalue weighted by atomic mass is 10.2. The minimum absolute atomic E-state index is 0. The first kappa shape index (κ1) is 18.4. The van der Waals surface area contributed by atoms with Crippen molar-refractivity contribution >= 4 is 30.7 Å². The van der Waals surface area contributed by atoms with Gasteiger partial charge in [-0.2, -0.15) is 0 Å². The fraction of sp³-hybridized carbons (Fsp3) is 0.357. The predicted molar refractivity (Wildman–Crippen MR) is 89.2 cm³/mol. The Hall–Kier alpha value is -1.63. The van der Waals surface area contributed by atoms with E-state index in [1.807, 2.05) is 17.2 Å². The predicted octanol–water partition coefficient (Wildman–Crippen LogP) is 1.55. The van der Waals surface area contributed by atoms with Crippen LogP contribution in [-0.4, -0.2) is 51.5 Å². The molecule has 0 saturated carbocycles. The summed E-state index contributed by atoms with van der Waals surface area (Å²) in [5.41, 5.74) is 0.672. The molecule has 120 valence electrons. The molecule has 0 unspecified atom stereocenters. The zero-order valence-electron chi connectivity index (χ0n) is 12.0. The summed E-state index contributed by atoms with van der Waals surface area (Å²) in [6.07, 6.45) is 7.83. The second-order valence-corrected chi connectivity index (χ2v) is 4.77. The maximum atomic E-state index is 12.5. The third kappa shape index (κ3) is 4.19. The Kier molecular flexibility index (Phi) is 7.31. The highest BCUT2D eigenvalue weighted by Crippen LogP contribution is 2.10. The lowest BCUT2D eigenvalue weighted by Gasteiger charge is -2.20. The molecule has 3 rings (SSSR count). The minimum atomic E-state index is 0. The van der Waals surface area contributed by atoms with Crippen LogP contribution < -0.4 is 5.32 Å². The molecule has 1 amide bonds. The molecule has 0 radical (unpaired) electrons. The van der Waals surface area contributed by atoms with Crippen LogP contribution >= 0.6 is 24.8 Å². The Bertz CT molecular complexity index is 583. The maximum Gasteiger partial charge on any atom is 0.254 e. The number of carbonyl (C=O) groups excluding carboxylic acids is 1. The van der Waals surface area contributed by atoms with Crippen LogP contribution in [0.3, 0.4) is 0 Å². The molecule has 1 saturated heterocycles. The van der Waals surface area contributed by atoms with Gasteiger partial charge in [0.1, 0.15) is 12.1 Å². The molecule has 0 spiro atoms. The highest BCUT2D eigenvalue weighted by Gasteiger charge is 2.17. The summed E-state index contributed by atoms with van der Waals surface area (Å²) < 4.78 is 1.79. The summed E-state index contributed by atoms with van der Waals surface area (Å²) in [5, 5.41) is 3.30. The zero-order valence-corrected chi connectivity index (χ0v) is 13.6. The number of halogens is 2. The molecule has 1 aliphatic heterocycles. The lowest BCUT2D eigenvalue weighted by Crippen LogP contribution is -2.34. The molecular weight excluding hydrogens is 325 g/mol. The molecule has 1 fully saturated rings. The van der Waals surface area contributed by atoms with Crippen molar-refractivity contribution in [1.82, 2.24) is 24.8 Å². The third-order valence-electron chi connectivity index (χ3n) is 3.39. The maximum absolute atomic E-state index is 12.5. The van der Waals surface area contributed by atoms with Crippen molar-refractivity contribution in [2.24, 2.45) is 0 Å². The number of hydrogen-bond acceptors (Lipinski definition) is 4. The fourth-order valence-electron chi connectivity index (χ4n) is 2.32. The summed E-state index contributed by atoms with van der Waals surface area (Å²) in [4.78, 5) is 22.7. The number of nitrogens with one attached hydrogen (secondary N) is 1. The second-order valence-electron chi connectivity index (χ2n) is 4.77. The third-order valence-corrected chi connectivity index (χ3v) is 3.39. The van der Waals surface area contributed by atoms with E-state index in [2.05, 4.69) is 15.3 Å². The normalized spacial score (nSPS) is 14.5. The molecule has 1 N–H and O–H groups in total. The number of imidazole rings is 1. The molecule has 2 aromatic heterocycles. The van der Waals surface area contributed by atoms with Crippen molar-refractivity contribution < 1.29 is 4.79 Å². The van der Waals surface area contributed by atoms with E-state index in [1.54, 1.807) is 29.4 Å². The number of amides is 1. The van der Waals surface area contributed by atoms with Gasteiger partial charge in [0.05, 0.1) is 0 Å². The summed E-state index contributed by atoms with van der Waals surface area (Å²) in [6, 6.07) is 3.57. The van der Waals surface area contributed by atoms with Gasteiger partial charge in [0, 0.05) is 43.8 Å². The van der Waals surface area contributed by atoms with Crippen LogP contribution in [-0.2, 0) is 0 Å². The summed E-state index contributed by atoms with van der Waals surface area (Å²) >= 11 is 0. The van der Waals surface area contributed by atoms with E-state index < -0.39 is 0 Å². The van der Waals surface area contributed by atoms with Crippen LogP contribution in [0.15, 0.2) is 37.1 Å². The van der Waals surface area contributed by atoms with Crippen molar-refractivity contribution in [3.8, 4) is 5.82 Å². The number of aromatic nitrogens is 3. The van der Waals surface area contributed by atoms with Crippen LogP contribution in [0.2, 0.25) is 0 Å². The van der Waals surface area contributed by atoms with Gasteiger partial charge < -0.3 is 10.2 Å². The fourth-order valence-corrected chi connectivity index (χ4v) is 2.32. The molecule has 6 nitrogen and oxygen atoms in total. The topological polar surface area (TPSA) is 63.1 Å². The van der Waals surface area contributed by atoms with Crippen molar-refractivity contribution in [2.45, 2.75) is 6.42 Å². The number of hydrogen-bond donors (Lipinski definition) is 1. The van der Waals surface area contributed by atoms with E-state index in [4.69, 9.17) is 0 Å². The quantitative estimate of drug-likeness (QED) is 0.898. The van der Waals surface area contributed by atoms with Crippen molar-refractivity contribution in [2.75, 3.05) is 26.2 Å². The summed E-state index contributed by atoms with van der Waals surface area (Å²) in [6.45, 7) is 3.38. The van der Waals surface area contributed by atoms with Gasteiger partial charge in [-0.1, -0.05) is 0 Å². The monoisotopic (exact) mass is 343 g/mol. The van der Waals surface area contributed by atoms with E-state index in [0.29, 0.717) is 11.4 Å². The molecule has 0 atom stereocenters. The molecule has 8 heteroatoms. The molecule has 0 aromatic carbocycles. The summed E-state index contributed by atoms with van der Waals surface area (Å²) in [5.74, 6) is 0.777. The van der Waals surface area contributed by atoms with Crippen molar-refractivity contribution in [3.63, 3.8) is 0 Å². The van der Waals surface area contributed by atoms with Gasteiger partial charge in [-0.25, -0.2) is 9.97 Å². The molecule has 2 aromatic rings. The first-order valence-electron chi connectivity index (χ1n) is 6.79. The van der Waals surface area contributed by atoms with Crippen LogP contribution in [0.1, 0.15) is 16.8 Å². The van der Waals surface area contributed by atoms with Crippen LogP contribution in [0, 0.1) is 0 Å². The largest absolute Gasteiger partial charge is 0.337 e. The van der Waals surface area contributed by atoms with E-state index in [9.17, 15) is 4.79 Å². The van der Waals surface area contributed by atoms with Gasteiger partial charge in [0.2, 0.25) is 0 Å². The van der Waals surface area contributed by atoms with Gasteiger partial charge in [0.25, 0.3) is 5.91 Å². The van der Waals surface area contributed by atoms with Gasteiger partial charge in [-0.3, -0.25) is 9.36 Å². The molecule has 0 bridgehead atoms. The van der Waals surface area contributed by atoms with Gasteiger partial charge in [0.15, 0.2) is 0 Å². The van der Waals surface area contributed by atoms with Crippen LogP contribution in [0.4, 0.5) is 0 Å². The second kappa shape index (κ2) is 8.73. The summed E-state index contributed by atoms with van der Waals surface area (Å²) in [7, 11) is 0. The van der Waals surface area contributed by atoms with E-state index in [-0.39, 0.29) is 30.7 Å². The Morgan fingerprint density at radius 1 is 1.18 bits per heavy atom. The average molecular weight is 344 g/mol. The van der Waals surface area contributed by atoms with Gasteiger partial charge in [-0.15, -0.1) is 24.8 Å². The Balaban J connectivity index is 0.00000121. The first-order chi connectivity index (χ1) is 9.84. The highest BCUT2D eigenvalue weighted by molar-refractivity contribution is 5.94. The van der Waals surface area contributed by atoms with Gasteiger partial charge in [-0.05, 0) is 25.1 Å². The van der Waals surface area contributed by atoms with Crippen molar-refractivity contribution in [3.05, 3.63) is 42.6 Å². The number of rotatable bonds is 2. The Morgan fingerprint density at radius 3 is 2.82 bits per heavy atom.